The second-order valence-corrected chi connectivity index (χ2v) is 33.0. The molecule has 1 unspecified atom stereocenters. The number of nitrogens with one attached hydrogen (secondary N) is 12. The smallest absolute Gasteiger partial charge is 0.330 e. The van der Waals surface area contributed by atoms with Crippen molar-refractivity contribution in [3.8, 4) is 0 Å². The molecule has 6 atom stereocenters. The average Bonchev–Trinajstić information content (AvgIpc) is 1.74. The van der Waals surface area contributed by atoms with Gasteiger partial charge in [0.2, 0.25) is 0 Å². The number of aryl methyl sites for hydroxylation is 1. The van der Waals surface area contributed by atoms with Crippen LogP contribution in [0.2, 0.25) is 0 Å². The third kappa shape index (κ3) is 28.6. The van der Waals surface area contributed by atoms with Gasteiger partial charge in [0.15, 0.2) is 0 Å². The molecule has 13 rings (SSSR count). The first-order valence-electron chi connectivity index (χ1n) is 43.1. The molecule has 6 heterocycles. The summed E-state index contributed by atoms with van der Waals surface area (Å²) in [6.07, 6.45) is 5.10. The lowest BCUT2D eigenvalue weighted by Crippen LogP contribution is -2.36. The van der Waals surface area contributed by atoms with Crippen LogP contribution in [0.25, 0.3) is 0 Å². The van der Waals surface area contributed by atoms with Gasteiger partial charge in [0.25, 0.3) is 33.4 Å². The van der Waals surface area contributed by atoms with Crippen molar-refractivity contribution in [2.45, 2.75) is 229 Å². The van der Waals surface area contributed by atoms with Crippen LogP contribution in [0.15, 0.2) is 264 Å². The van der Waals surface area contributed by atoms with Crippen molar-refractivity contribution in [3.63, 3.8) is 0 Å². The van der Waals surface area contributed by atoms with E-state index in [0.29, 0.717) is 40.8 Å². The number of hydrogen-bond donors (Lipinski definition) is 12. The average molecular weight is 1740 g/mol. The van der Waals surface area contributed by atoms with Crippen LogP contribution in [0.4, 0.5) is 39.3 Å². The topological polar surface area (TPSA) is 401 Å². The molecule has 0 spiro atoms. The summed E-state index contributed by atoms with van der Waals surface area (Å²) in [5.41, 5.74) is 3.31. The maximum atomic E-state index is 13.2. The minimum absolute atomic E-state index is 0.00106. The van der Waals surface area contributed by atoms with Crippen LogP contribution in [0.1, 0.15) is 261 Å². The van der Waals surface area contributed by atoms with Gasteiger partial charge in [-0.1, -0.05) is 184 Å². The van der Waals surface area contributed by atoms with E-state index in [1.54, 1.807) is 53.7 Å². The van der Waals surface area contributed by atoms with Crippen molar-refractivity contribution in [1.82, 2.24) is 57.3 Å². The zero-order valence-electron chi connectivity index (χ0n) is 75.6. The Hall–Kier alpha value is -13.9. The van der Waals surface area contributed by atoms with E-state index >= 15 is 0 Å². The Morgan fingerprint density at radius 2 is 0.559 bits per heavy atom. The number of aromatic amines is 6. The molecular weight excluding hydrogens is 1620 g/mol. The van der Waals surface area contributed by atoms with Gasteiger partial charge in [-0.15, -0.1) is 0 Å². The number of benzene rings is 6. The van der Waals surface area contributed by atoms with E-state index in [4.69, 9.17) is 0 Å². The number of H-pyrrole nitrogens is 6. The minimum atomic E-state index is -0.466. The first-order chi connectivity index (χ1) is 60.4. The van der Waals surface area contributed by atoms with Gasteiger partial charge >= 0.3 is 34.1 Å². The Morgan fingerprint density at radius 1 is 0.299 bits per heavy atom. The van der Waals surface area contributed by atoms with Crippen molar-refractivity contribution in [3.05, 3.63) is 376 Å². The Labute approximate surface area is 736 Å². The maximum Gasteiger partial charge on any atom is 0.330 e. The second-order valence-electron chi connectivity index (χ2n) is 33.0. The lowest BCUT2D eigenvalue weighted by Gasteiger charge is -2.20. The molecule has 0 saturated heterocycles. The molecule has 0 aliphatic heterocycles. The SMILES string of the molecule is CC(C)n1c(=O)cc(NC(c2ccccc2)C2CC2)[nH]c1=O.CC(C)n1c(=O)cc(N[C@@H](C)c2cccc(F)c2)[nH]c1=O.CC(C)n1c(=O)cc(N[C@@H](C)c2ccccc2)[nH]c1=O.CCC[C@H](Nc1cc(=O)n(C(C)C)c(=O)[nH]1)c1ccccc1.CC[C@H](Nc1cc(=O)n(C(C)C)c(=O)[nH]1)c1ccccc1.Cc1cccc([C@H](C)Nc2cc(=O)n(C(C)C)c(=O)[nH]2)c1. The predicted molar refractivity (Wildman–Crippen MR) is 507 cm³/mol. The second kappa shape index (κ2) is 46.7. The highest BCUT2D eigenvalue weighted by molar-refractivity contribution is 5.43. The van der Waals surface area contributed by atoms with Gasteiger partial charge in [0.1, 0.15) is 40.7 Å². The van der Waals surface area contributed by atoms with Crippen molar-refractivity contribution < 1.29 is 4.39 Å². The summed E-state index contributed by atoms with van der Waals surface area (Å²) in [4.78, 5) is 160. The van der Waals surface area contributed by atoms with E-state index in [1.165, 1.54) is 95.3 Å². The van der Waals surface area contributed by atoms with Gasteiger partial charge in [0, 0.05) is 90.8 Å². The van der Waals surface area contributed by atoms with Crippen LogP contribution in [0.5, 0.6) is 0 Å². The lowest BCUT2D eigenvalue weighted by atomic mass is 10.0. The highest BCUT2D eigenvalue weighted by Gasteiger charge is 2.33. The van der Waals surface area contributed by atoms with Crippen LogP contribution >= 0.6 is 0 Å². The zero-order chi connectivity index (χ0) is 93.0. The number of halogens is 1. The van der Waals surface area contributed by atoms with E-state index in [0.717, 1.165) is 51.6 Å². The van der Waals surface area contributed by atoms with Gasteiger partial charge < -0.3 is 31.9 Å². The molecule has 0 radical (unpaired) electrons. The lowest BCUT2D eigenvalue weighted by molar-refractivity contribution is 0.545. The molecular formula is C96H123FN18O12. The van der Waals surface area contributed by atoms with Gasteiger partial charge in [-0.2, -0.15) is 0 Å². The highest BCUT2D eigenvalue weighted by atomic mass is 19.1. The number of rotatable bonds is 28. The molecule has 0 amide bonds. The van der Waals surface area contributed by atoms with Crippen LogP contribution in [0.3, 0.4) is 0 Å². The van der Waals surface area contributed by atoms with Crippen LogP contribution in [-0.2, 0) is 0 Å². The molecule has 1 aliphatic rings. The Bertz CT molecular complexity index is 6020. The number of anilines is 6. The molecule has 12 N–H and O–H groups in total. The zero-order valence-corrected chi connectivity index (χ0v) is 75.6. The van der Waals surface area contributed by atoms with Crippen molar-refractivity contribution in [1.29, 1.82) is 0 Å². The van der Waals surface area contributed by atoms with Crippen LogP contribution in [0, 0.1) is 18.7 Å². The van der Waals surface area contributed by atoms with Gasteiger partial charge in [-0.25, -0.2) is 33.2 Å². The van der Waals surface area contributed by atoms with Crippen molar-refractivity contribution >= 4 is 34.9 Å². The summed E-state index contributed by atoms with van der Waals surface area (Å²) >= 11 is 0. The first-order valence-corrected chi connectivity index (χ1v) is 43.1. The summed E-state index contributed by atoms with van der Waals surface area (Å²) < 4.78 is 20.4. The van der Waals surface area contributed by atoms with E-state index in [-0.39, 0.29) is 129 Å². The fourth-order valence-electron chi connectivity index (χ4n) is 14.3. The van der Waals surface area contributed by atoms with Crippen LogP contribution in [-0.4, -0.2) is 57.3 Å². The molecule has 12 aromatic rings. The Morgan fingerprint density at radius 3 is 0.843 bits per heavy atom. The number of hydrogen-bond acceptors (Lipinski definition) is 18. The minimum Gasteiger partial charge on any atom is -0.365 e. The molecule has 127 heavy (non-hydrogen) atoms. The fraction of sp³-hybridized carbons (Fsp3) is 0.375. The molecule has 676 valence electrons. The summed E-state index contributed by atoms with van der Waals surface area (Å²) in [7, 11) is 0. The van der Waals surface area contributed by atoms with E-state index in [9.17, 15) is 61.9 Å². The van der Waals surface area contributed by atoms with Gasteiger partial charge in [-0.3, -0.25) is 86.1 Å². The standard InChI is InChI=1S/C17H21N3O2.C17H23N3O2.2C16H21N3O2.C15H18FN3O2.C15H19N3O2/c1-11(2)20-15(21)10-14(19-17(20)22)18-16(13-8-9-13)12-6-4-3-5-7-12;1-4-8-14(13-9-6-5-7-10-13)18-15-11-16(21)20(12(2)3)17(22)19-15;1-10(2)19-15(20)9-14(18-16(19)21)17-12(4)13-7-5-6-11(3)8-13;1-4-13(12-8-6-5-7-9-12)17-14-10-15(20)19(11(2)3)16(21)18-14;1-9(2)19-14(20)8-13(18-15(19)21)17-10(3)11-5-4-6-12(16)7-11;1-10(2)18-14(19)9-13(17-15(18)20)16-11(3)12-7-5-4-6-8-12/h3-7,10-11,13,16,18H,8-9H2,1-2H3,(H,19,22);5-7,9-12,14,18H,4,8H2,1-3H3,(H,19,22);5-10,12,17H,1-4H3,(H,18,21);5-11,13,17H,4H2,1-3H3,(H,18,21);4-10,17H,1-3H3,(H,18,21);4-11,16H,1-3H3,(H,17,20)/t;14-;12-;13-;10-;11-/m.00000/s1. The van der Waals surface area contributed by atoms with Gasteiger partial charge in [-0.05, 0) is 188 Å². The summed E-state index contributed by atoms with van der Waals surface area (Å²) in [5.74, 6) is 2.84. The number of nitrogens with zero attached hydrogens (tertiary/aromatic N) is 6. The van der Waals surface area contributed by atoms with Crippen molar-refractivity contribution in [2.75, 3.05) is 31.9 Å². The molecule has 1 saturated carbocycles. The molecule has 1 fully saturated rings. The fourth-order valence-corrected chi connectivity index (χ4v) is 14.3. The summed E-state index contributed by atoms with van der Waals surface area (Å²) in [6, 6.07) is 61.7. The van der Waals surface area contributed by atoms with Crippen LogP contribution < -0.4 is 99.4 Å². The third-order valence-corrected chi connectivity index (χ3v) is 20.8. The molecule has 30 nitrogen and oxygen atoms in total. The highest BCUT2D eigenvalue weighted by Crippen LogP contribution is 2.42. The molecule has 1 aliphatic carbocycles. The normalized spacial score (nSPS) is 13.0. The summed E-state index contributed by atoms with van der Waals surface area (Å²) in [5, 5.41) is 19.1. The monoisotopic (exact) mass is 1740 g/mol. The Kier molecular flexibility index (Phi) is 36.3. The summed E-state index contributed by atoms with van der Waals surface area (Å²) in [6.45, 7) is 33.6. The third-order valence-electron chi connectivity index (χ3n) is 20.8. The van der Waals surface area contributed by atoms with Gasteiger partial charge in [0.05, 0.1) is 18.1 Å². The number of aromatic nitrogens is 12. The van der Waals surface area contributed by atoms with E-state index in [1.807, 2.05) is 197 Å². The predicted octanol–water partition coefficient (Wildman–Crippen LogP) is 15.8. The molecule has 6 aromatic carbocycles. The largest absolute Gasteiger partial charge is 0.365 e. The molecule has 6 aromatic heterocycles. The maximum absolute atomic E-state index is 13.2. The Balaban J connectivity index is 0.000000189. The van der Waals surface area contributed by atoms with Crippen molar-refractivity contribution in [2.24, 2.45) is 5.92 Å². The molecule has 0 bridgehead atoms. The molecule has 31 heteroatoms. The first kappa shape index (κ1) is 98.6. The quantitative estimate of drug-likeness (QED) is 0.0217. The van der Waals surface area contributed by atoms with E-state index < -0.39 is 17.1 Å². The van der Waals surface area contributed by atoms with E-state index in [2.05, 4.69) is 93.9 Å².